The zero-order valence-corrected chi connectivity index (χ0v) is 24.9. The highest BCUT2D eigenvalue weighted by Crippen LogP contribution is 2.66. The van der Waals surface area contributed by atoms with Crippen molar-refractivity contribution >= 4 is 29.4 Å². The van der Waals surface area contributed by atoms with Gasteiger partial charge in [-0.15, -0.1) is 11.6 Å². The van der Waals surface area contributed by atoms with Gasteiger partial charge in [0.2, 0.25) is 5.91 Å². The third-order valence-electron chi connectivity index (χ3n) is 11.0. The van der Waals surface area contributed by atoms with E-state index in [1.807, 2.05) is 0 Å². The highest BCUT2D eigenvalue weighted by Gasteiger charge is 2.69. The third-order valence-corrected chi connectivity index (χ3v) is 11.5. The molecule has 4 fully saturated rings. The number of fused-ring (bicyclic) bond motifs is 1. The Balaban J connectivity index is 1.35. The van der Waals surface area contributed by atoms with Crippen LogP contribution in [-0.4, -0.2) is 81.6 Å². The Labute approximate surface area is 252 Å². The van der Waals surface area contributed by atoms with Gasteiger partial charge in [-0.05, 0) is 69.3 Å². The summed E-state index contributed by atoms with van der Waals surface area (Å²) < 4.78 is 64.9. The Morgan fingerprint density at radius 2 is 1.77 bits per heavy atom. The number of hydrogen-bond acceptors (Lipinski definition) is 5. The van der Waals surface area contributed by atoms with E-state index in [2.05, 4.69) is 5.10 Å². The number of amides is 1. The number of nitrogens with zero attached hydrogens (tertiary/aromatic N) is 3. The van der Waals surface area contributed by atoms with E-state index in [0.29, 0.717) is 55.7 Å². The maximum absolute atomic E-state index is 15.5. The van der Waals surface area contributed by atoms with Crippen molar-refractivity contribution in [2.75, 3.05) is 20.2 Å². The minimum Gasteiger partial charge on any atom is -0.481 e. The van der Waals surface area contributed by atoms with Crippen LogP contribution in [0.25, 0.3) is 0 Å². The van der Waals surface area contributed by atoms with Gasteiger partial charge in [-0.1, -0.05) is 6.42 Å². The number of methoxy groups -OCH3 is 1. The Bertz CT molecular complexity index is 1280. The number of rotatable bonds is 6. The van der Waals surface area contributed by atoms with E-state index in [0.717, 1.165) is 0 Å². The van der Waals surface area contributed by atoms with Crippen LogP contribution in [0.15, 0.2) is 0 Å². The van der Waals surface area contributed by atoms with Crippen LogP contribution in [0, 0.1) is 29.1 Å². The molecule has 2 heterocycles. The van der Waals surface area contributed by atoms with Crippen LogP contribution >= 0.6 is 11.6 Å². The number of aromatic nitrogens is 2. The summed E-state index contributed by atoms with van der Waals surface area (Å²) in [6.45, 7) is 0.936. The molecule has 1 aromatic heterocycles. The Hall–Kier alpha value is -2.21. The number of alkyl halides is 5. The fourth-order valence-electron chi connectivity index (χ4n) is 8.24. The second-order valence-electron chi connectivity index (χ2n) is 13.3. The molecule has 0 spiro atoms. The lowest BCUT2D eigenvalue weighted by Crippen LogP contribution is -2.56. The first-order valence-corrected chi connectivity index (χ1v) is 15.8. The minimum atomic E-state index is -4.46. The van der Waals surface area contributed by atoms with Crippen molar-refractivity contribution < 1.29 is 41.8 Å². The Morgan fingerprint density at radius 3 is 2.37 bits per heavy atom. The molecule has 6 rings (SSSR count). The van der Waals surface area contributed by atoms with Crippen LogP contribution in [0.3, 0.4) is 0 Å². The molecule has 8 nitrogen and oxygen atoms in total. The zero-order valence-electron chi connectivity index (χ0n) is 24.1. The summed E-state index contributed by atoms with van der Waals surface area (Å²) in [6.07, 6.45) is -3.62. The van der Waals surface area contributed by atoms with Crippen LogP contribution in [0.2, 0.25) is 0 Å². The average molecular weight is 632 g/mol. The molecule has 0 aromatic carbocycles. The van der Waals surface area contributed by atoms with E-state index >= 15 is 4.39 Å². The number of aliphatic carboxylic acids is 1. The smallest absolute Gasteiger partial charge is 0.394 e. The van der Waals surface area contributed by atoms with E-state index in [1.54, 1.807) is 12.0 Å². The maximum atomic E-state index is 15.5. The molecule has 5 aliphatic rings. The van der Waals surface area contributed by atoms with Crippen LogP contribution in [0.1, 0.15) is 85.5 Å². The van der Waals surface area contributed by atoms with Gasteiger partial charge in [0.15, 0.2) is 0 Å². The molecule has 1 aromatic rings. The monoisotopic (exact) mass is 631 g/mol. The Morgan fingerprint density at radius 1 is 1.05 bits per heavy atom. The van der Waals surface area contributed by atoms with Gasteiger partial charge in [0.05, 0.1) is 34.7 Å². The predicted octanol–water partition coefficient (Wildman–Crippen LogP) is 5.16. The first kappa shape index (κ1) is 30.8. The lowest BCUT2D eigenvalue weighted by molar-refractivity contribution is -0.209. The highest BCUT2D eigenvalue weighted by atomic mass is 35.5. The minimum absolute atomic E-state index is 0.0310. The zero-order chi connectivity index (χ0) is 30.8. The molecule has 7 unspecified atom stereocenters. The summed E-state index contributed by atoms with van der Waals surface area (Å²) in [7, 11) is 1.58. The van der Waals surface area contributed by atoms with Crippen LogP contribution in [-0.2, 0) is 27.2 Å². The summed E-state index contributed by atoms with van der Waals surface area (Å²) in [5.41, 5.74) is -0.465. The average Bonchev–Trinajstić information content (AvgIpc) is 3.68. The van der Waals surface area contributed by atoms with Crippen molar-refractivity contribution in [3.8, 4) is 0 Å². The standard InChI is InChI=1S/C30H38ClF4N3O5/c1-43-17-13-37(14-17)26(39)15-5-8-19-23(12-15)38(36-25(19)18-7-6-16(28(41)42)11-22(18)32)27(40)24-20(3-2-4-21(24)31)29(9-10-29)30(33,34)35/h15-18,20-22,24H,2-14H2,1H3,(H,41,42). The number of carboxylic acid groups (broad SMARTS) is 1. The maximum Gasteiger partial charge on any atom is 0.394 e. The predicted molar refractivity (Wildman–Crippen MR) is 147 cm³/mol. The molecule has 4 aliphatic carbocycles. The van der Waals surface area contributed by atoms with Crippen LogP contribution in [0.5, 0.6) is 0 Å². The lowest BCUT2D eigenvalue weighted by Gasteiger charge is -2.41. The first-order valence-electron chi connectivity index (χ1n) is 15.4. The van der Waals surface area contributed by atoms with Gasteiger partial charge in [0, 0.05) is 43.8 Å². The van der Waals surface area contributed by atoms with Crippen molar-refractivity contribution in [3.63, 3.8) is 0 Å². The molecular formula is C30H38ClF4N3O5. The van der Waals surface area contributed by atoms with Gasteiger partial charge >= 0.3 is 12.1 Å². The number of hydrogen-bond donors (Lipinski definition) is 1. The van der Waals surface area contributed by atoms with Crippen molar-refractivity contribution in [2.45, 2.75) is 100 Å². The summed E-state index contributed by atoms with van der Waals surface area (Å²) in [5, 5.41) is 13.3. The number of ether oxygens (including phenoxy) is 1. The highest BCUT2D eigenvalue weighted by molar-refractivity contribution is 6.22. The molecule has 1 N–H and O–H groups in total. The van der Waals surface area contributed by atoms with Crippen LogP contribution < -0.4 is 0 Å². The number of carboxylic acids is 1. The van der Waals surface area contributed by atoms with E-state index < -0.39 is 64.6 Å². The lowest BCUT2D eigenvalue weighted by atomic mass is 9.69. The van der Waals surface area contributed by atoms with Gasteiger partial charge in [0.1, 0.15) is 6.17 Å². The summed E-state index contributed by atoms with van der Waals surface area (Å²) in [4.78, 5) is 40.9. The van der Waals surface area contributed by atoms with Crippen molar-refractivity contribution in [1.29, 1.82) is 0 Å². The summed E-state index contributed by atoms with van der Waals surface area (Å²) in [6, 6.07) is 0. The molecule has 13 heteroatoms. The number of carbonyl (C=O) groups excluding carboxylic acids is 2. The molecule has 238 valence electrons. The van der Waals surface area contributed by atoms with E-state index in [1.165, 1.54) is 4.68 Å². The quantitative estimate of drug-likeness (QED) is 0.344. The molecule has 1 aliphatic heterocycles. The number of carbonyl (C=O) groups is 3. The Kier molecular flexibility index (Phi) is 8.09. The van der Waals surface area contributed by atoms with E-state index in [9.17, 15) is 32.7 Å². The topological polar surface area (TPSA) is 102 Å². The van der Waals surface area contributed by atoms with E-state index in [-0.39, 0.29) is 57.0 Å². The van der Waals surface area contributed by atoms with Crippen LogP contribution in [0.4, 0.5) is 17.6 Å². The van der Waals surface area contributed by atoms with Crippen molar-refractivity contribution in [1.82, 2.24) is 14.7 Å². The van der Waals surface area contributed by atoms with Crippen molar-refractivity contribution in [2.24, 2.45) is 29.1 Å². The molecule has 1 amide bonds. The van der Waals surface area contributed by atoms with Gasteiger partial charge in [0.25, 0.3) is 5.91 Å². The fourth-order valence-corrected chi connectivity index (χ4v) is 8.67. The van der Waals surface area contributed by atoms with Gasteiger partial charge in [-0.25, -0.2) is 9.07 Å². The summed E-state index contributed by atoms with van der Waals surface area (Å²) >= 11 is 6.67. The second kappa shape index (κ2) is 11.3. The summed E-state index contributed by atoms with van der Waals surface area (Å²) in [5.74, 6) is -5.84. The van der Waals surface area contributed by atoms with Gasteiger partial charge in [-0.2, -0.15) is 18.3 Å². The largest absolute Gasteiger partial charge is 0.481 e. The number of halogens is 5. The SMILES string of the molecule is COC1CN(C(=O)C2CCc3c(C4CCC(C(=O)O)CC4F)nn(C(=O)C4C(Cl)CCCC4C4(C(F)(F)F)CC4)c3C2)C1. The molecule has 3 saturated carbocycles. The molecule has 0 bridgehead atoms. The first-order chi connectivity index (χ1) is 20.4. The molecular weight excluding hydrogens is 594 g/mol. The van der Waals surface area contributed by atoms with Crippen molar-refractivity contribution in [3.05, 3.63) is 17.0 Å². The molecule has 7 atom stereocenters. The second-order valence-corrected chi connectivity index (χ2v) is 13.9. The van der Waals surface area contributed by atoms with Gasteiger partial charge < -0.3 is 14.7 Å². The van der Waals surface area contributed by atoms with Gasteiger partial charge in [-0.3, -0.25) is 14.4 Å². The normalized spacial score (nSPS) is 34.3. The van der Waals surface area contributed by atoms with E-state index in [4.69, 9.17) is 16.3 Å². The number of likely N-dealkylation sites (tertiary alicyclic amines) is 1. The third kappa shape index (κ3) is 5.27. The fraction of sp³-hybridized carbons (Fsp3) is 0.800. The molecule has 1 saturated heterocycles. The molecule has 43 heavy (non-hydrogen) atoms. The molecule has 0 radical (unpaired) electrons.